The molecule has 4 N–H and O–H groups in total. The largest absolute Gasteiger partial charge is 0.494 e. The van der Waals surface area contributed by atoms with Crippen LogP contribution in [0, 0.1) is 0 Å². The molecular weight excluding hydrogens is 431 g/mol. The highest BCUT2D eigenvalue weighted by Gasteiger charge is 2.23. The van der Waals surface area contributed by atoms with E-state index in [1.165, 1.54) is 13.4 Å². The van der Waals surface area contributed by atoms with E-state index in [9.17, 15) is 9.59 Å². The average Bonchev–Trinajstić information content (AvgIpc) is 3.37. The van der Waals surface area contributed by atoms with Gasteiger partial charge in [-0.25, -0.2) is 9.97 Å². The van der Waals surface area contributed by atoms with Crippen molar-refractivity contribution in [3.8, 4) is 5.75 Å². The van der Waals surface area contributed by atoms with Gasteiger partial charge in [-0.05, 0) is 24.3 Å². The number of carbonyl (C=O) groups excluding carboxylic acids is 2. The molecule has 4 rings (SSSR count). The van der Waals surface area contributed by atoms with Crippen LogP contribution in [0.4, 0.5) is 11.6 Å². The first-order valence-corrected chi connectivity index (χ1v) is 9.36. The lowest BCUT2D eigenvalue weighted by Crippen LogP contribution is -2.21. The lowest BCUT2D eigenvalue weighted by atomic mass is 10.2. The summed E-state index contributed by atoms with van der Waals surface area (Å²) < 4.78 is 5.26. The summed E-state index contributed by atoms with van der Waals surface area (Å²) in [5.41, 5.74) is 1.29. The van der Waals surface area contributed by atoms with Gasteiger partial charge in [0, 0.05) is 0 Å². The molecule has 2 aromatic heterocycles. The fourth-order valence-corrected chi connectivity index (χ4v) is 3.32. The number of para-hydroxylation sites is 2. The molecule has 0 unspecified atom stereocenters. The molecule has 9 nitrogen and oxygen atoms in total. The number of fused-ring (bicyclic) bond motifs is 1. The quantitative estimate of drug-likeness (QED) is 0.368. The maximum Gasteiger partial charge on any atom is 0.276 e. The van der Waals surface area contributed by atoms with Crippen molar-refractivity contribution in [1.82, 2.24) is 19.9 Å². The number of imidazole rings is 2. The highest BCUT2D eigenvalue weighted by atomic mass is 35.5. The zero-order valence-electron chi connectivity index (χ0n) is 15.4. The molecule has 0 aliphatic rings. The van der Waals surface area contributed by atoms with Crippen molar-refractivity contribution in [3.05, 3.63) is 64.2 Å². The van der Waals surface area contributed by atoms with Crippen molar-refractivity contribution < 1.29 is 14.3 Å². The van der Waals surface area contributed by atoms with Crippen LogP contribution in [-0.2, 0) is 0 Å². The fourth-order valence-electron chi connectivity index (χ4n) is 2.83. The number of ether oxygens (including phenoxy) is 1. The maximum atomic E-state index is 12.7. The summed E-state index contributed by atoms with van der Waals surface area (Å²) in [5.74, 6) is -0.513. The van der Waals surface area contributed by atoms with Crippen LogP contribution in [0.15, 0.2) is 42.7 Å². The second-order valence-electron chi connectivity index (χ2n) is 6.07. The van der Waals surface area contributed by atoms with E-state index < -0.39 is 11.8 Å². The van der Waals surface area contributed by atoms with E-state index in [4.69, 9.17) is 27.9 Å². The first-order valence-electron chi connectivity index (χ1n) is 8.60. The van der Waals surface area contributed by atoms with Crippen LogP contribution in [0.5, 0.6) is 5.75 Å². The molecular formula is C19H14Cl2N6O3. The van der Waals surface area contributed by atoms with Gasteiger partial charge in [0.15, 0.2) is 5.69 Å². The monoisotopic (exact) mass is 444 g/mol. The number of hydrogen-bond acceptors (Lipinski definition) is 5. The Balaban J connectivity index is 1.57. The number of nitrogens with one attached hydrogen (secondary N) is 4. The van der Waals surface area contributed by atoms with Gasteiger partial charge < -0.3 is 20.0 Å². The Hall–Kier alpha value is -3.56. The zero-order chi connectivity index (χ0) is 21.3. The Morgan fingerprint density at radius 2 is 1.77 bits per heavy atom. The van der Waals surface area contributed by atoms with Crippen LogP contribution in [-0.4, -0.2) is 38.9 Å². The number of aromatic nitrogens is 4. The van der Waals surface area contributed by atoms with Gasteiger partial charge in [0.1, 0.15) is 17.0 Å². The van der Waals surface area contributed by atoms with E-state index in [0.717, 1.165) is 0 Å². The minimum atomic E-state index is -0.650. The summed E-state index contributed by atoms with van der Waals surface area (Å²) in [5, 5.41) is 5.69. The summed E-state index contributed by atoms with van der Waals surface area (Å²) >= 11 is 12.2. The Labute approximate surface area is 179 Å². The Kier molecular flexibility index (Phi) is 5.30. The van der Waals surface area contributed by atoms with Crippen LogP contribution in [0.3, 0.4) is 0 Å². The number of methoxy groups -OCH3 is 1. The molecule has 30 heavy (non-hydrogen) atoms. The molecule has 2 amide bonds. The van der Waals surface area contributed by atoms with Crippen LogP contribution in [0.25, 0.3) is 11.0 Å². The number of anilines is 2. The molecule has 2 heterocycles. The predicted molar refractivity (Wildman–Crippen MR) is 114 cm³/mol. The number of rotatable bonds is 5. The Morgan fingerprint density at radius 1 is 1.03 bits per heavy atom. The van der Waals surface area contributed by atoms with Gasteiger partial charge in [-0.2, -0.15) is 0 Å². The summed E-state index contributed by atoms with van der Waals surface area (Å²) in [6.45, 7) is 0. The maximum absolute atomic E-state index is 12.7. The van der Waals surface area contributed by atoms with Gasteiger partial charge in [0.25, 0.3) is 11.8 Å². The van der Waals surface area contributed by atoms with Gasteiger partial charge in [-0.15, -0.1) is 0 Å². The smallest absolute Gasteiger partial charge is 0.276 e. The highest BCUT2D eigenvalue weighted by Crippen LogP contribution is 2.30. The summed E-state index contributed by atoms with van der Waals surface area (Å²) in [4.78, 5) is 39.3. The van der Waals surface area contributed by atoms with Gasteiger partial charge in [0.2, 0.25) is 5.95 Å². The third-order valence-electron chi connectivity index (χ3n) is 4.21. The van der Waals surface area contributed by atoms with Gasteiger partial charge in [-0.1, -0.05) is 35.3 Å². The lowest BCUT2D eigenvalue weighted by molar-refractivity contribution is 0.0985. The highest BCUT2D eigenvalue weighted by molar-refractivity contribution is 6.40. The molecule has 0 saturated heterocycles. The number of hydrogen-bond donors (Lipinski definition) is 4. The summed E-state index contributed by atoms with van der Waals surface area (Å²) in [7, 11) is 1.53. The third kappa shape index (κ3) is 3.68. The minimum absolute atomic E-state index is 0.0527. The number of amides is 2. The minimum Gasteiger partial charge on any atom is -0.494 e. The van der Waals surface area contributed by atoms with E-state index in [-0.39, 0.29) is 33.1 Å². The average molecular weight is 445 g/mol. The molecule has 4 aromatic rings. The van der Waals surface area contributed by atoms with Crippen LogP contribution >= 0.6 is 23.2 Å². The third-order valence-corrected chi connectivity index (χ3v) is 4.84. The summed E-state index contributed by atoms with van der Waals surface area (Å²) in [6.07, 6.45) is 1.24. The van der Waals surface area contributed by atoms with Crippen LogP contribution < -0.4 is 15.4 Å². The van der Waals surface area contributed by atoms with Gasteiger partial charge >= 0.3 is 0 Å². The standard InChI is InChI=1S/C19H14Cl2N6O3/c1-30-12-7-3-6-11-14(12)26-19(24-11)27-18(29)16-15(22-8-23-16)17(28)25-13-9(20)4-2-5-10(13)21/h2-8H,1H3,(H,22,23)(H,25,28)(H2,24,26,27,29). The van der Waals surface area contributed by atoms with Gasteiger partial charge in [0.05, 0.1) is 34.7 Å². The van der Waals surface area contributed by atoms with E-state index in [2.05, 4.69) is 30.6 Å². The SMILES string of the molecule is COc1cccc2[nH]c(NC(=O)c3[nH]cnc3C(=O)Nc3c(Cl)cccc3Cl)nc12. The molecule has 0 atom stereocenters. The van der Waals surface area contributed by atoms with E-state index in [1.54, 1.807) is 36.4 Å². The number of H-pyrrole nitrogens is 2. The summed E-state index contributed by atoms with van der Waals surface area (Å²) in [6, 6.07) is 10.2. The Morgan fingerprint density at radius 3 is 2.50 bits per heavy atom. The number of benzene rings is 2. The van der Waals surface area contributed by atoms with Crippen molar-refractivity contribution in [2.75, 3.05) is 17.7 Å². The Bertz CT molecular complexity index is 1250. The second kappa shape index (κ2) is 8.05. The molecule has 0 spiro atoms. The van der Waals surface area contributed by atoms with Crippen LogP contribution in [0.1, 0.15) is 21.0 Å². The number of carbonyl (C=O) groups is 2. The van der Waals surface area contributed by atoms with Crippen molar-refractivity contribution in [2.24, 2.45) is 0 Å². The molecule has 0 saturated carbocycles. The fraction of sp³-hybridized carbons (Fsp3) is 0.0526. The van der Waals surface area contributed by atoms with Crippen molar-refractivity contribution in [3.63, 3.8) is 0 Å². The van der Waals surface area contributed by atoms with Crippen molar-refractivity contribution in [1.29, 1.82) is 0 Å². The number of aromatic amines is 2. The lowest BCUT2D eigenvalue weighted by Gasteiger charge is -2.08. The molecule has 11 heteroatoms. The normalized spacial score (nSPS) is 10.8. The molecule has 0 bridgehead atoms. The topological polar surface area (TPSA) is 125 Å². The van der Waals surface area contributed by atoms with Crippen molar-refractivity contribution >= 4 is 57.7 Å². The first kappa shape index (κ1) is 19.7. The van der Waals surface area contributed by atoms with E-state index >= 15 is 0 Å². The predicted octanol–water partition coefficient (Wildman–Crippen LogP) is 4.11. The molecule has 0 aliphatic heterocycles. The molecule has 0 aliphatic carbocycles. The molecule has 0 radical (unpaired) electrons. The molecule has 0 fully saturated rings. The zero-order valence-corrected chi connectivity index (χ0v) is 16.9. The number of nitrogens with zero attached hydrogens (tertiary/aromatic N) is 2. The van der Waals surface area contributed by atoms with Gasteiger partial charge in [-0.3, -0.25) is 14.9 Å². The molecule has 2 aromatic carbocycles. The second-order valence-corrected chi connectivity index (χ2v) is 6.89. The molecule has 152 valence electrons. The van der Waals surface area contributed by atoms with Crippen LogP contribution in [0.2, 0.25) is 10.0 Å². The van der Waals surface area contributed by atoms with E-state index in [1.807, 2.05) is 0 Å². The first-order chi connectivity index (χ1) is 14.5. The number of halogens is 2. The van der Waals surface area contributed by atoms with E-state index in [0.29, 0.717) is 16.8 Å². The van der Waals surface area contributed by atoms with Crippen molar-refractivity contribution in [2.45, 2.75) is 0 Å².